The molecule has 7 spiro atoms. The lowest BCUT2D eigenvalue weighted by Gasteiger charge is -2.48. The summed E-state index contributed by atoms with van der Waals surface area (Å²) >= 11 is 0. The number of hydrogen-bond donors (Lipinski definition) is 8. The minimum Gasteiger partial charge on any atom is -0.544 e. The van der Waals surface area contributed by atoms with Crippen molar-refractivity contribution in [1.82, 2.24) is 10.2 Å². The quantitative estimate of drug-likeness (QED) is 0.0303. The Labute approximate surface area is 822 Å². The van der Waals surface area contributed by atoms with Gasteiger partial charge < -0.3 is 64.4 Å². The number of amides is 3. The minimum absolute atomic E-state index is 0.0350. The fourth-order valence-electron chi connectivity index (χ4n) is 25.0. The molecule has 0 atom stereocenters. The maximum atomic E-state index is 13.4. The van der Waals surface area contributed by atoms with Gasteiger partial charge in [-0.1, -0.05) is 158 Å². The molecule has 0 aromatic heterocycles. The zero-order valence-electron chi connectivity index (χ0n) is 80.6. The van der Waals surface area contributed by atoms with E-state index < -0.39 is 111 Å². The van der Waals surface area contributed by atoms with E-state index in [1.807, 2.05) is 75.4 Å². The van der Waals surface area contributed by atoms with Crippen molar-refractivity contribution in [3.05, 3.63) is 312 Å². The molecule has 722 valence electrons. The van der Waals surface area contributed by atoms with Crippen LogP contribution in [0.3, 0.4) is 0 Å². The normalized spacial score (nSPS) is 18.8. The van der Waals surface area contributed by atoms with E-state index >= 15 is 0 Å². The SMILES string of the molecule is CC(C)(C)OC(=O)c1ccc2c(c1)C1(OC2=O)c2ccc(O)cc2[Si]2(CCCCC2)c2cc(O)ccc21.Cc1ccc2c(c1)[Si]1(CCCCC1)c1cc(O[Si](C)(C)C(C)(C)C)ccc1C2=O.O=C(NCCN1C(=O)C=CC1=O)c1ccc2c(c1)C1(OC2=O)c2ccc(O)cc2[Si]2(CCCCC2)c2cc(O)ccc21.O=C(O)c1ccc2c(c1)C1(OC2=O)c2ccc(O)cc2[Si]2(CCCCC2)c2cc(O)ccc21. The predicted octanol–water partition coefficient (Wildman–Crippen LogP) is 15.8. The Morgan fingerprint density at radius 1 is 0.376 bits per heavy atom. The molecule has 0 saturated carbocycles. The molecule has 3 amide bonds. The number of aromatic carboxylic acids is 1. The highest BCUT2D eigenvalue weighted by molar-refractivity contribution is 7.06. The average molecular weight is 1980 g/mol. The molecule has 4 fully saturated rings. The first-order valence-corrected chi connectivity index (χ1v) is 61.7. The first-order valence-electron chi connectivity index (χ1n) is 49.2. The van der Waals surface area contributed by atoms with E-state index in [1.54, 1.807) is 97.1 Å². The van der Waals surface area contributed by atoms with Gasteiger partial charge in [-0.05, 0) is 281 Å². The molecule has 0 aliphatic carbocycles. The number of ether oxygens (including phenoxy) is 4. The maximum Gasteiger partial charge on any atom is 0.340 e. The van der Waals surface area contributed by atoms with Gasteiger partial charge in [-0.2, -0.15) is 0 Å². The lowest BCUT2D eigenvalue weighted by molar-refractivity contribution is -0.136. The van der Waals surface area contributed by atoms with Gasteiger partial charge in [0.15, 0.2) is 22.6 Å². The molecule has 11 aromatic rings. The van der Waals surface area contributed by atoms with Gasteiger partial charge in [0.2, 0.25) is 8.32 Å². The van der Waals surface area contributed by atoms with Crippen molar-refractivity contribution in [1.29, 1.82) is 0 Å². The number of phenolic OH excluding ortho intramolecular Hbond substituents is 6. The number of fused-ring (bicyclic) bond motifs is 28. The zero-order chi connectivity index (χ0) is 99.4. The molecule has 23 nitrogen and oxygen atoms in total. The molecule has 0 bridgehead atoms. The van der Waals surface area contributed by atoms with Crippen LogP contribution in [0.5, 0.6) is 40.2 Å². The summed E-state index contributed by atoms with van der Waals surface area (Å²) in [4.78, 5) is 116. The van der Waals surface area contributed by atoms with E-state index in [9.17, 15) is 78.9 Å². The summed E-state index contributed by atoms with van der Waals surface area (Å²) in [5.41, 5.74) is 6.75. The van der Waals surface area contributed by atoms with Crippen LogP contribution in [0.15, 0.2) is 212 Å². The molecule has 0 unspecified atom stereocenters. The Bertz CT molecular complexity index is 7010. The number of carbonyl (C=O) groups is 9. The van der Waals surface area contributed by atoms with Crippen LogP contribution in [0.25, 0.3) is 0 Å². The van der Waals surface area contributed by atoms with Crippen molar-refractivity contribution in [3.8, 4) is 40.2 Å². The highest BCUT2D eigenvalue weighted by atomic mass is 28.4. The topological polar surface area (TPSA) is 357 Å². The number of benzene rings is 11. The van der Waals surface area contributed by atoms with Crippen LogP contribution in [-0.2, 0) is 45.3 Å². The number of aryl methyl sites for hydroxylation is 1. The van der Waals surface area contributed by atoms with E-state index in [2.05, 4.69) is 76.4 Å². The maximum absolute atomic E-state index is 13.4. The summed E-state index contributed by atoms with van der Waals surface area (Å²) in [7, 11) is -11.0. The third kappa shape index (κ3) is 15.4. The zero-order valence-corrected chi connectivity index (χ0v) is 85.6. The predicted molar refractivity (Wildman–Crippen MR) is 547 cm³/mol. The summed E-state index contributed by atoms with van der Waals surface area (Å²) in [6.07, 6.45) is 16.0. The number of hydrogen-bond acceptors (Lipinski definition) is 20. The molecule has 4 saturated heterocycles. The summed E-state index contributed by atoms with van der Waals surface area (Å²) in [6, 6.07) is 67.1. The summed E-state index contributed by atoms with van der Waals surface area (Å²) in [5.74, 6) is -2.26. The number of carbonyl (C=O) groups excluding carboxylic acids is 8. The van der Waals surface area contributed by atoms with Gasteiger partial charge in [0, 0.05) is 92.0 Å². The van der Waals surface area contributed by atoms with Gasteiger partial charge >= 0.3 is 29.8 Å². The second-order valence-corrected chi connectivity index (χ2v) is 64.3. The number of phenols is 6. The molecule has 12 heterocycles. The lowest BCUT2D eigenvalue weighted by Crippen LogP contribution is -2.67. The van der Waals surface area contributed by atoms with Crippen molar-refractivity contribution in [2.45, 2.75) is 214 Å². The van der Waals surface area contributed by atoms with E-state index in [0.29, 0.717) is 44.5 Å². The van der Waals surface area contributed by atoms with Crippen LogP contribution >= 0.6 is 0 Å². The van der Waals surface area contributed by atoms with Gasteiger partial charge in [-0.3, -0.25) is 24.1 Å². The van der Waals surface area contributed by atoms with Gasteiger partial charge in [-0.15, -0.1) is 0 Å². The smallest absolute Gasteiger partial charge is 0.340 e. The third-order valence-corrected chi connectivity index (χ3v) is 57.9. The van der Waals surface area contributed by atoms with E-state index in [-0.39, 0.29) is 64.0 Å². The second kappa shape index (κ2) is 35.0. The first kappa shape index (κ1) is 95.0. The molecule has 12 aliphatic rings. The van der Waals surface area contributed by atoms with Crippen molar-refractivity contribution < 1.29 is 102 Å². The van der Waals surface area contributed by atoms with Gasteiger partial charge in [0.05, 0.1) is 27.8 Å². The fraction of sp³-hybridized carbons (Fsp3) is 0.319. The fourth-order valence-corrected chi connectivity index (χ4v) is 48.9. The molecule has 0 radical (unpaired) electrons. The Kier molecular flexibility index (Phi) is 23.6. The number of carboxylic acid groups (broad SMARTS) is 1. The van der Waals surface area contributed by atoms with Crippen molar-refractivity contribution in [2.75, 3.05) is 13.1 Å². The number of rotatable bonds is 8. The molecule has 11 aromatic carbocycles. The van der Waals surface area contributed by atoms with Crippen LogP contribution in [-0.4, -0.2) is 153 Å². The van der Waals surface area contributed by atoms with Gasteiger partial charge in [-0.25, -0.2) is 24.0 Å². The van der Waals surface area contributed by atoms with Crippen LogP contribution in [0.2, 0.25) is 66.5 Å². The monoisotopic (exact) mass is 1970 g/mol. The summed E-state index contributed by atoms with van der Waals surface area (Å²) < 4.78 is 31.1. The van der Waals surface area contributed by atoms with Gasteiger partial charge in [0.1, 0.15) is 78.1 Å². The molecule has 23 rings (SSSR count). The minimum atomic E-state index is -2.44. The molecule has 141 heavy (non-hydrogen) atoms. The average Bonchev–Trinajstić information content (AvgIpc) is 1.62. The standard InChI is InChI=1S/C32H28N2O7Si.C30H30O6Si.C26H22O6Si.C25H34O2Si2/c35-20-5-8-23-26(17-20)42(14-2-1-3-15-42)27-18-21(36)6-9-24(27)32(23)25-16-19(4-7-22(25)31(40)41-32)30(39)33-12-13-34-28(37)10-11-29(34)38;1-29(2,3)35-27(33)18-7-10-21-24(15-18)30(36-28(21)34)22-11-8-19(31)16-25(22)37(13-5-4-6-14-37)26-17-20(32)9-12-23(26)30;27-16-5-8-19-22(13-16)33(10-2-1-3-11-33)23-14-17(28)6-9-20(23)26(19)21-12-15(24(29)30)4-7-18(21)25(31)32-26;1-18-10-12-20-22(16-18)29(14-8-7-9-15-29)23-17-19(11-13-21(23)24(20)26)27-28(5,6)25(2,3)4/h4-11,16-18,35-36H,1-3,12-15H2,(H,33,39);7-12,15-17,31-32H,4-6,13-14H2,1-3H3;4-9,12-14,27-28H,1-3,10-11H2,(H,29,30);10-13,16-17H,7-9,14-15H2,1-6H3. The van der Waals surface area contributed by atoms with Crippen LogP contribution in [0.4, 0.5) is 0 Å². The van der Waals surface area contributed by atoms with Crippen LogP contribution in [0, 0.1) is 6.92 Å². The highest BCUT2D eigenvalue weighted by Crippen LogP contribution is 2.57. The number of aromatic hydroxyl groups is 6. The Morgan fingerprint density at radius 3 is 1.04 bits per heavy atom. The van der Waals surface area contributed by atoms with Crippen molar-refractivity contribution in [2.24, 2.45) is 0 Å². The number of carboxylic acids is 1. The number of esters is 4. The summed E-state index contributed by atoms with van der Waals surface area (Å²) in [5, 5.41) is 84.9. The number of imide groups is 1. The molecule has 28 heteroatoms. The Hall–Kier alpha value is -13.5. The van der Waals surface area contributed by atoms with E-state index in [1.165, 1.54) is 77.6 Å². The third-order valence-electron chi connectivity index (χ3n) is 32.3. The lowest BCUT2D eigenvalue weighted by atomic mass is 9.78. The highest BCUT2D eigenvalue weighted by Gasteiger charge is 2.63. The largest absolute Gasteiger partial charge is 0.544 e. The summed E-state index contributed by atoms with van der Waals surface area (Å²) in [6.45, 7) is 19.1. The van der Waals surface area contributed by atoms with Crippen molar-refractivity contribution >= 4 is 135 Å². The molecule has 12 aliphatic heterocycles. The molecular weight excluding hydrogens is 1860 g/mol. The van der Waals surface area contributed by atoms with Crippen LogP contribution < -0.4 is 51.2 Å². The van der Waals surface area contributed by atoms with E-state index in [0.717, 1.165) is 180 Å². The van der Waals surface area contributed by atoms with Gasteiger partial charge in [0.25, 0.3) is 17.7 Å². The molecule has 8 N–H and O–H groups in total. The number of ketones is 1. The number of nitrogens with one attached hydrogen (secondary N) is 1. The Morgan fingerprint density at radius 2 is 0.688 bits per heavy atom. The van der Waals surface area contributed by atoms with Crippen molar-refractivity contribution in [3.63, 3.8) is 0 Å². The number of nitrogens with zero attached hydrogens (tertiary/aromatic N) is 1. The second-order valence-electron chi connectivity index (χ2n) is 42.6. The van der Waals surface area contributed by atoms with E-state index in [4.69, 9.17) is 23.4 Å². The first-order chi connectivity index (χ1) is 67.2. The Balaban J connectivity index is 0.000000116. The molecular formula is C113H114N2O21Si5. The van der Waals surface area contributed by atoms with Crippen LogP contribution in [0.1, 0.15) is 252 Å².